The number of nitrogens with two attached hydrogens (primary N) is 1. The molecular weight excluding hydrogens is 250 g/mol. The van der Waals surface area contributed by atoms with Crippen LogP contribution in [0.25, 0.3) is 0 Å². The second kappa shape index (κ2) is 6.44. The molecule has 0 bridgehead atoms. The molecule has 3 N–H and O–H groups in total. The minimum atomic E-state index is 0.226. The quantitative estimate of drug-likeness (QED) is 0.823. The zero-order valence-electron chi connectivity index (χ0n) is 12.5. The first-order valence-corrected chi connectivity index (χ1v) is 8.49. The number of carbonyl (C=O) groups is 1. The first-order chi connectivity index (χ1) is 9.72. The van der Waals surface area contributed by atoms with Gasteiger partial charge in [0.05, 0.1) is 6.54 Å². The van der Waals surface area contributed by atoms with Crippen molar-refractivity contribution in [2.45, 2.75) is 63.5 Å². The van der Waals surface area contributed by atoms with E-state index in [4.69, 9.17) is 5.73 Å². The third kappa shape index (κ3) is 3.34. The van der Waals surface area contributed by atoms with Gasteiger partial charge in [0.2, 0.25) is 5.91 Å². The molecule has 1 saturated heterocycles. The van der Waals surface area contributed by atoms with E-state index in [-0.39, 0.29) is 5.91 Å². The van der Waals surface area contributed by atoms with Crippen LogP contribution in [0.15, 0.2) is 0 Å². The summed E-state index contributed by atoms with van der Waals surface area (Å²) in [6.45, 7) is 2.69. The van der Waals surface area contributed by atoms with Crippen molar-refractivity contribution in [2.24, 2.45) is 17.6 Å². The number of amides is 1. The molecule has 2 saturated carbocycles. The molecule has 3 atom stereocenters. The van der Waals surface area contributed by atoms with E-state index >= 15 is 0 Å². The van der Waals surface area contributed by atoms with Crippen LogP contribution in [-0.2, 0) is 4.79 Å². The standard InChI is InChI=1S/C16H29N3O/c17-15-8-4-5-12-9-19(10-14(12)15)11-16(20)18-13-6-2-1-3-7-13/h12-15H,1-11,17H2,(H,18,20). The van der Waals surface area contributed by atoms with Crippen molar-refractivity contribution in [1.29, 1.82) is 0 Å². The number of carbonyl (C=O) groups excluding carboxylic acids is 1. The largest absolute Gasteiger partial charge is 0.352 e. The Kier molecular flexibility index (Phi) is 4.61. The van der Waals surface area contributed by atoms with Crippen molar-refractivity contribution in [1.82, 2.24) is 10.2 Å². The van der Waals surface area contributed by atoms with Gasteiger partial charge in [-0.05, 0) is 37.5 Å². The van der Waals surface area contributed by atoms with Gasteiger partial charge in [0.1, 0.15) is 0 Å². The van der Waals surface area contributed by atoms with E-state index < -0.39 is 0 Å². The molecule has 4 nitrogen and oxygen atoms in total. The SMILES string of the molecule is NC1CCCC2CN(CC(=O)NC3CCCCC3)CC12. The Labute approximate surface area is 122 Å². The van der Waals surface area contributed by atoms with Crippen LogP contribution in [0, 0.1) is 11.8 Å². The molecule has 3 rings (SSSR count). The molecule has 4 heteroatoms. The highest BCUT2D eigenvalue weighted by Gasteiger charge is 2.39. The molecule has 3 unspecified atom stereocenters. The summed E-state index contributed by atoms with van der Waals surface area (Å²) in [5, 5.41) is 3.23. The Hall–Kier alpha value is -0.610. The fourth-order valence-corrected chi connectivity index (χ4v) is 4.46. The Morgan fingerprint density at radius 1 is 1.05 bits per heavy atom. The Morgan fingerprint density at radius 3 is 2.60 bits per heavy atom. The molecule has 0 aromatic carbocycles. The highest BCUT2D eigenvalue weighted by atomic mass is 16.2. The van der Waals surface area contributed by atoms with E-state index in [1.165, 1.54) is 51.4 Å². The van der Waals surface area contributed by atoms with Crippen LogP contribution in [0.3, 0.4) is 0 Å². The smallest absolute Gasteiger partial charge is 0.234 e. The van der Waals surface area contributed by atoms with Crippen LogP contribution in [0.2, 0.25) is 0 Å². The molecule has 3 aliphatic rings. The van der Waals surface area contributed by atoms with Crippen molar-refractivity contribution < 1.29 is 4.79 Å². The summed E-state index contributed by atoms with van der Waals surface area (Å²) >= 11 is 0. The van der Waals surface area contributed by atoms with Gasteiger partial charge in [0.25, 0.3) is 0 Å². The average Bonchev–Trinajstić information content (AvgIpc) is 2.83. The van der Waals surface area contributed by atoms with Gasteiger partial charge in [-0.1, -0.05) is 25.7 Å². The minimum Gasteiger partial charge on any atom is -0.352 e. The van der Waals surface area contributed by atoms with Gasteiger partial charge >= 0.3 is 0 Å². The number of hydrogen-bond acceptors (Lipinski definition) is 3. The van der Waals surface area contributed by atoms with Crippen LogP contribution < -0.4 is 11.1 Å². The summed E-state index contributed by atoms with van der Waals surface area (Å²) in [6.07, 6.45) is 9.96. The third-order valence-corrected chi connectivity index (χ3v) is 5.57. The normalized spacial score (nSPS) is 35.8. The summed E-state index contributed by atoms with van der Waals surface area (Å²) in [7, 11) is 0. The molecule has 0 spiro atoms. The zero-order valence-corrected chi connectivity index (χ0v) is 12.5. The number of likely N-dealkylation sites (tertiary alicyclic amines) is 1. The van der Waals surface area contributed by atoms with Crippen molar-refractivity contribution in [3.8, 4) is 0 Å². The third-order valence-electron chi connectivity index (χ3n) is 5.57. The van der Waals surface area contributed by atoms with Crippen LogP contribution >= 0.6 is 0 Å². The molecule has 2 aliphatic carbocycles. The average molecular weight is 279 g/mol. The lowest BCUT2D eigenvalue weighted by atomic mass is 9.78. The predicted molar refractivity (Wildman–Crippen MR) is 80.3 cm³/mol. The summed E-state index contributed by atoms with van der Waals surface area (Å²) in [5.41, 5.74) is 6.24. The maximum Gasteiger partial charge on any atom is 0.234 e. The molecule has 20 heavy (non-hydrogen) atoms. The Balaban J connectivity index is 1.45. The van der Waals surface area contributed by atoms with Gasteiger partial charge in [-0.2, -0.15) is 0 Å². The maximum atomic E-state index is 12.2. The molecule has 1 aliphatic heterocycles. The maximum absolute atomic E-state index is 12.2. The monoisotopic (exact) mass is 279 g/mol. The first kappa shape index (κ1) is 14.3. The molecule has 3 fully saturated rings. The summed E-state index contributed by atoms with van der Waals surface area (Å²) in [6, 6.07) is 0.795. The van der Waals surface area contributed by atoms with Crippen molar-refractivity contribution in [3.05, 3.63) is 0 Å². The molecule has 0 aromatic rings. The van der Waals surface area contributed by atoms with Gasteiger partial charge in [0.15, 0.2) is 0 Å². The van der Waals surface area contributed by atoms with Crippen molar-refractivity contribution >= 4 is 5.91 Å². The minimum absolute atomic E-state index is 0.226. The zero-order chi connectivity index (χ0) is 13.9. The Bertz CT molecular complexity index is 341. The van der Waals surface area contributed by atoms with Crippen molar-refractivity contribution in [2.75, 3.05) is 19.6 Å². The summed E-state index contributed by atoms with van der Waals surface area (Å²) < 4.78 is 0. The van der Waals surface area contributed by atoms with E-state index in [1.807, 2.05) is 0 Å². The lowest BCUT2D eigenvalue weighted by Gasteiger charge is -2.29. The van der Waals surface area contributed by atoms with E-state index in [1.54, 1.807) is 0 Å². The number of fused-ring (bicyclic) bond motifs is 1. The van der Waals surface area contributed by atoms with Crippen LogP contribution in [0.5, 0.6) is 0 Å². The summed E-state index contributed by atoms with van der Waals surface area (Å²) in [5.74, 6) is 1.59. The van der Waals surface area contributed by atoms with Crippen LogP contribution in [0.4, 0.5) is 0 Å². The van der Waals surface area contributed by atoms with Crippen LogP contribution in [-0.4, -0.2) is 42.5 Å². The van der Waals surface area contributed by atoms with Gasteiger partial charge in [0, 0.05) is 25.2 Å². The lowest BCUT2D eigenvalue weighted by Crippen LogP contribution is -2.42. The van der Waals surface area contributed by atoms with Crippen molar-refractivity contribution in [3.63, 3.8) is 0 Å². The fraction of sp³-hybridized carbons (Fsp3) is 0.938. The van der Waals surface area contributed by atoms with Crippen LogP contribution in [0.1, 0.15) is 51.4 Å². The number of nitrogens with one attached hydrogen (secondary N) is 1. The predicted octanol–water partition coefficient (Wildman–Crippen LogP) is 1.49. The van der Waals surface area contributed by atoms with E-state index in [0.717, 1.165) is 19.0 Å². The van der Waals surface area contributed by atoms with E-state index in [9.17, 15) is 4.79 Å². The lowest BCUT2D eigenvalue weighted by molar-refractivity contribution is -0.123. The fourth-order valence-electron chi connectivity index (χ4n) is 4.46. The number of rotatable bonds is 3. The van der Waals surface area contributed by atoms with Gasteiger partial charge < -0.3 is 11.1 Å². The van der Waals surface area contributed by atoms with Gasteiger partial charge in [-0.25, -0.2) is 0 Å². The second-order valence-electron chi connectivity index (χ2n) is 7.12. The topological polar surface area (TPSA) is 58.4 Å². The number of hydrogen-bond donors (Lipinski definition) is 2. The molecular formula is C16H29N3O. The first-order valence-electron chi connectivity index (χ1n) is 8.49. The molecule has 0 radical (unpaired) electrons. The molecule has 1 amide bonds. The molecule has 0 aromatic heterocycles. The highest BCUT2D eigenvalue weighted by molar-refractivity contribution is 5.78. The van der Waals surface area contributed by atoms with E-state index in [2.05, 4.69) is 10.2 Å². The number of nitrogens with zero attached hydrogens (tertiary/aromatic N) is 1. The van der Waals surface area contributed by atoms with Gasteiger partial charge in [-0.3, -0.25) is 9.69 Å². The van der Waals surface area contributed by atoms with Gasteiger partial charge in [-0.15, -0.1) is 0 Å². The van der Waals surface area contributed by atoms with E-state index in [0.29, 0.717) is 24.5 Å². The second-order valence-corrected chi connectivity index (χ2v) is 7.12. The Morgan fingerprint density at radius 2 is 1.85 bits per heavy atom. The molecule has 114 valence electrons. The molecule has 1 heterocycles. The highest BCUT2D eigenvalue weighted by Crippen LogP contribution is 2.35. The summed E-state index contributed by atoms with van der Waals surface area (Å²) in [4.78, 5) is 14.5.